The lowest BCUT2D eigenvalue weighted by Crippen LogP contribution is -2.03. The molecular formula is C13H13IO4. The van der Waals surface area contributed by atoms with Gasteiger partial charge in [0.1, 0.15) is 5.58 Å². The van der Waals surface area contributed by atoms with Crippen LogP contribution in [0.4, 0.5) is 0 Å². The Morgan fingerprint density at radius 1 is 1.44 bits per heavy atom. The molecule has 0 aliphatic heterocycles. The van der Waals surface area contributed by atoms with Crippen LogP contribution in [0, 0.1) is 0 Å². The number of fused-ring (bicyclic) bond motifs is 1. The van der Waals surface area contributed by atoms with Crippen molar-refractivity contribution in [1.29, 1.82) is 0 Å². The molecule has 0 radical (unpaired) electrons. The molecule has 0 saturated heterocycles. The van der Waals surface area contributed by atoms with Gasteiger partial charge in [0.25, 0.3) is 0 Å². The van der Waals surface area contributed by atoms with Gasteiger partial charge in [-0.25, -0.2) is 4.79 Å². The number of hydrogen-bond donors (Lipinski definition) is 1. The van der Waals surface area contributed by atoms with Gasteiger partial charge in [0.15, 0.2) is 11.5 Å². The topological polar surface area (TPSA) is 59.7 Å². The highest BCUT2D eigenvalue weighted by molar-refractivity contribution is 14.1. The molecule has 0 saturated carbocycles. The minimum Gasteiger partial charge on any atom is -0.504 e. The Balaban J connectivity index is 2.27. The molecule has 1 aromatic heterocycles. The second-order valence-electron chi connectivity index (χ2n) is 4.03. The lowest BCUT2D eigenvalue weighted by atomic mass is 10.2. The molecule has 0 aliphatic rings. The van der Waals surface area contributed by atoms with Gasteiger partial charge in [-0.2, -0.15) is 0 Å². The smallest absolute Gasteiger partial charge is 0.336 e. The SMILES string of the molecule is CC(I)CCOc1cc2oc(=O)ccc2cc1O. The predicted molar refractivity (Wildman–Crippen MR) is 77.7 cm³/mol. The molecule has 1 aromatic carbocycles. The van der Waals surface area contributed by atoms with Crippen LogP contribution in [0.2, 0.25) is 0 Å². The first-order valence-corrected chi connectivity index (χ1v) is 6.84. The molecule has 1 unspecified atom stereocenters. The summed E-state index contributed by atoms with van der Waals surface area (Å²) in [5.41, 5.74) is -0.00199. The molecule has 1 N–H and O–H groups in total. The predicted octanol–water partition coefficient (Wildman–Crippen LogP) is 3.09. The van der Waals surface area contributed by atoms with Crippen molar-refractivity contribution in [3.05, 3.63) is 34.7 Å². The summed E-state index contributed by atoms with van der Waals surface area (Å²) < 4.78 is 11.0. The lowest BCUT2D eigenvalue weighted by molar-refractivity contribution is 0.295. The van der Waals surface area contributed by atoms with Gasteiger partial charge in [-0.3, -0.25) is 0 Å². The molecule has 5 heteroatoms. The molecule has 0 fully saturated rings. The average Bonchev–Trinajstić information content (AvgIpc) is 2.30. The Morgan fingerprint density at radius 2 is 2.22 bits per heavy atom. The van der Waals surface area contributed by atoms with Crippen LogP contribution in [0.25, 0.3) is 11.0 Å². The first kappa shape index (κ1) is 13.2. The maximum Gasteiger partial charge on any atom is 0.336 e. The zero-order valence-corrected chi connectivity index (χ0v) is 12.0. The van der Waals surface area contributed by atoms with E-state index in [4.69, 9.17) is 9.15 Å². The van der Waals surface area contributed by atoms with E-state index in [0.717, 1.165) is 6.42 Å². The summed E-state index contributed by atoms with van der Waals surface area (Å²) in [6.07, 6.45) is 0.886. The summed E-state index contributed by atoms with van der Waals surface area (Å²) >= 11 is 2.31. The summed E-state index contributed by atoms with van der Waals surface area (Å²) in [7, 11) is 0. The Hall–Kier alpha value is -1.24. The number of rotatable bonds is 4. The molecule has 2 rings (SSSR count). The lowest BCUT2D eigenvalue weighted by Gasteiger charge is -2.09. The second-order valence-corrected chi connectivity index (χ2v) is 6.16. The molecule has 1 heterocycles. The minimum absolute atomic E-state index is 0.0532. The van der Waals surface area contributed by atoms with Gasteiger partial charge in [0, 0.05) is 21.4 Å². The van der Waals surface area contributed by atoms with Crippen molar-refractivity contribution < 1.29 is 14.3 Å². The van der Waals surface area contributed by atoms with Gasteiger partial charge in [0.2, 0.25) is 0 Å². The maximum absolute atomic E-state index is 11.1. The van der Waals surface area contributed by atoms with Gasteiger partial charge in [0.05, 0.1) is 6.61 Å². The average molecular weight is 360 g/mol. The van der Waals surface area contributed by atoms with Crippen LogP contribution in [0.3, 0.4) is 0 Å². The van der Waals surface area contributed by atoms with E-state index in [1.807, 2.05) is 0 Å². The Morgan fingerprint density at radius 3 is 2.94 bits per heavy atom. The van der Waals surface area contributed by atoms with Crippen molar-refractivity contribution in [2.45, 2.75) is 17.3 Å². The van der Waals surface area contributed by atoms with E-state index in [9.17, 15) is 9.90 Å². The van der Waals surface area contributed by atoms with Crippen molar-refractivity contribution in [2.75, 3.05) is 6.61 Å². The normalized spacial score (nSPS) is 12.6. The number of phenolic OH excluding ortho intramolecular Hbond substituents is 1. The van der Waals surface area contributed by atoms with E-state index >= 15 is 0 Å². The molecule has 1 atom stereocenters. The highest BCUT2D eigenvalue weighted by Crippen LogP contribution is 2.31. The van der Waals surface area contributed by atoms with Crippen LogP contribution in [0.5, 0.6) is 11.5 Å². The van der Waals surface area contributed by atoms with Crippen LogP contribution in [0.15, 0.2) is 33.5 Å². The van der Waals surface area contributed by atoms with Crippen LogP contribution in [-0.2, 0) is 0 Å². The molecule has 0 amide bonds. The number of benzene rings is 1. The van der Waals surface area contributed by atoms with Crippen molar-refractivity contribution in [3.8, 4) is 11.5 Å². The molecule has 2 aromatic rings. The van der Waals surface area contributed by atoms with Crippen molar-refractivity contribution >= 4 is 33.6 Å². The zero-order chi connectivity index (χ0) is 13.1. The molecule has 0 spiro atoms. The van der Waals surface area contributed by atoms with E-state index in [2.05, 4.69) is 29.5 Å². The van der Waals surface area contributed by atoms with E-state index < -0.39 is 5.63 Å². The first-order chi connectivity index (χ1) is 8.56. The second kappa shape index (κ2) is 5.60. The highest BCUT2D eigenvalue weighted by atomic mass is 127. The Bertz CT molecular complexity index is 603. The summed E-state index contributed by atoms with van der Waals surface area (Å²) in [5.74, 6) is 0.395. The van der Waals surface area contributed by atoms with E-state index in [1.165, 1.54) is 12.1 Å². The van der Waals surface area contributed by atoms with E-state index in [0.29, 0.717) is 27.3 Å². The number of hydrogen-bond acceptors (Lipinski definition) is 4. The molecule has 0 bridgehead atoms. The fourth-order valence-electron chi connectivity index (χ4n) is 1.53. The van der Waals surface area contributed by atoms with Crippen molar-refractivity contribution in [1.82, 2.24) is 0 Å². The molecular weight excluding hydrogens is 347 g/mol. The third kappa shape index (κ3) is 3.16. The Labute approximate surface area is 118 Å². The number of alkyl halides is 1. The van der Waals surface area contributed by atoms with Gasteiger partial charge in [-0.15, -0.1) is 0 Å². The van der Waals surface area contributed by atoms with Crippen molar-refractivity contribution in [3.63, 3.8) is 0 Å². The van der Waals surface area contributed by atoms with Gasteiger partial charge >= 0.3 is 5.63 Å². The summed E-state index contributed by atoms with van der Waals surface area (Å²) in [6, 6.07) is 6.00. The summed E-state index contributed by atoms with van der Waals surface area (Å²) in [6.45, 7) is 2.60. The molecule has 4 nitrogen and oxygen atoms in total. The highest BCUT2D eigenvalue weighted by Gasteiger charge is 2.07. The van der Waals surface area contributed by atoms with Gasteiger partial charge < -0.3 is 14.3 Å². The number of aromatic hydroxyl groups is 1. The molecule has 96 valence electrons. The van der Waals surface area contributed by atoms with Gasteiger partial charge in [-0.05, 0) is 18.6 Å². The fourth-order valence-corrected chi connectivity index (χ4v) is 1.79. The quantitative estimate of drug-likeness (QED) is 0.517. The van der Waals surface area contributed by atoms with Crippen LogP contribution < -0.4 is 10.4 Å². The van der Waals surface area contributed by atoms with Gasteiger partial charge in [-0.1, -0.05) is 29.5 Å². The third-order valence-corrected chi connectivity index (χ3v) is 3.10. The van der Waals surface area contributed by atoms with Crippen LogP contribution >= 0.6 is 22.6 Å². The monoisotopic (exact) mass is 360 g/mol. The van der Waals surface area contributed by atoms with E-state index in [-0.39, 0.29) is 5.75 Å². The first-order valence-electron chi connectivity index (χ1n) is 5.60. The summed E-state index contributed by atoms with van der Waals surface area (Å²) in [4.78, 5) is 11.1. The Kier molecular flexibility index (Phi) is 4.11. The van der Waals surface area contributed by atoms with Crippen LogP contribution in [-0.4, -0.2) is 15.6 Å². The van der Waals surface area contributed by atoms with E-state index in [1.54, 1.807) is 12.1 Å². The number of halogens is 1. The third-order valence-electron chi connectivity index (χ3n) is 2.47. The maximum atomic E-state index is 11.1. The standard InChI is InChI=1S/C13H13IO4/c1-8(14)4-5-17-12-7-11-9(6-10(12)15)2-3-13(16)18-11/h2-3,6-8,15H,4-5H2,1H3. The largest absolute Gasteiger partial charge is 0.504 e. The number of ether oxygens (including phenoxy) is 1. The summed E-state index contributed by atoms with van der Waals surface area (Å²) in [5, 5.41) is 10.5. The minimum atomic E-state index is -0.417. The molecule has 18 heavy (non-hydrogen) atoms. The van der Waals surface area contributed by atoms with Crippen molar-refractivity contribution in [2.24, 2.45) is 0 Å². The molecule has 0 aliphatic carbocycles. The number of phenols is 1. The van der Waals surface area contributed by atoms with Crippen LogP contribution in [0.1, 0.15) is 13.3 Å². The fraction of sp³-hybridized carbons (Fsp3) is 0.308. The zero-order valence-electron chi connectivity index (χ0n) is 9.85.